The van der Waals surface area contributed by atoms with Crippen LogP contribution in [0.1, 0.15) is 38.2 Å². The first-order chi connectivity index (χ1) is 9.70. The van der Waals surface area contributed by atoms with Gasteiger partial charge in [-0.15, -0.1) is 0 Å². The number of nitrogens with zero attached hydrogens (tertiary/aromatic N) is 2. The van der Waals surface area contributed by atoms with Crippen molar-refractivity contribution in [2.45, 2.75) is 38.6 Å². The van der Waals surface area contributed by atoms with Gasteiger partial charge in [-0.1, -0.05) is 37.6 Å². The van der Waals surface area contributed by atoms with Crippen LogP contribution >= 0.6 is 0 Å². The molecule has 1 aromatic carbocycles. The molecule has 1 atom stereocenters. The molecule has 1 aliphatic heterocycles. The number of piperidine rings is 1. The van der Waals surface area contributed by atoms with Gasteiger partial charge in [-0.25, -0.2) is 0 Å². The highest BCUT2D eigenvalue weighted by atomic mass is 15.2. The molecule has 1 heterocycles. The minimum absolute atomic E-state index is 0.796. The van der Waals surface area contributed by atoms with Crippen molar-refractivity contribution >= 4 is 11.8 Å². The molecule has 1 saturated heterocycles. The van der Waals surface area contributed by atoms with Crippen LogP contribution in [-0.2, 0) is 0 Å². The van der Waals surface area contributed by atoms with Crippen LogP contribution in [0.25, 0.3) is 6.08 Å². The van der Waals surface area contributed by atoms with E-state index in [1.54, 1.807) is 0 Å². The first-order valence-corrected chi connectivity index (χ1v) is 7.88. The van der Waals surface area contributed by atoms with E-state index in [4.69, 9.17) is 0 Å². The Balaban J connectivity index is 1.89. The van der Waals surface area contributed by atoms with Crippen LogP contribution in [0.15, 0.2) is 30.3 Å². The maximum Gasteiger partial charge on any atom is 0.0361 e. The summed E-state index contributed by atoms with van der Waals surface area (Å²) in [4.78, 5) is 4.77. The zero-order chi connectivity index (χ0) is 14.4. The Labute approximate surface area is 124 Å². The molecule has 1 aromatic rings. The quantitative estimate of drug-likeness (QED) is 0.798. The van der Waals surface area contributed by atoms with Gasteiger partial charge < -0.3 is 4.90 Å². The number of rotatable bonds is 5. The smallest absolute Gasteiger partial charge is 0.0361 e. The fourth-order valence-corrected chi connectivity index (χ4v) is 2.97. The molecule has 0 radical (unpaired) electrons. The summed E-state index contributed by atoms with van der Waals surface area (Å²) >= 11 is 0. The average Bonchev–Trinajstić information content (AvgIpc) is 2.48. The highest BCUT2D eigenvalue weighted by Gasteiger charge is 2.18. The number of benzene rings is 1. The SMILES string of the molecule is CCC1CCCCN1C/C=C/c1ccc(N(C)C)cc1. The van der Waals surface area contributed by atoms with E-state index >= 15 is 0 Å². The van der Waals surface area contributed by atoms with Crippen molar-refractivity contribution in [3.05, 3.63) is 35.9 Å². The summed E-state index contributed by atoms with van der Waals surface area (Å²) in [5.74, 6) is 0. The van der Waals surface area contributed by atoms with Crippen LogP contribution in [0.4, 0.5) is 5.69 Å². The van der Waals surface area contributed by atoms with Crippen LogP contribution in [0.2, 0.25) is 0 Å². The Hall–Kier alpha value is -1.28. The molecule has 0 aromatic heterocycles. The fraction of sp³-hybridized carbons (Fsp3) is 0.556. The lowest BCUT2D eigenvalue weighted by Crippen LogP contribution is -2.38. The van der Waals surface area contributed by atoms with E-state index in [9.17, 15) is 0 Å². The number of likely N-dealkylation sites (tertiary alicyclic amines) is 1. The molecule has 0 amide bonds. The lowest BCUT2D eigenvalue weighted by molar-refractivity contribution is 0.161. The first kappa shape index (κ1) is 15.1. The molecule has 1 unspecified atom stereocenters. The molecule has 1 fully saturated rings. The van der Waals surface area contributed by atoms with E-state index in [0.29, 0.717) is 0 Å². The van der Waals surface area contributed by atoms with E-state index in [2.05, 4.69) is 67.2 Å². The van der Waals surface area contributed by atoms with Gasteiger partial charge in [0.1, 0.15) is 0 Å². The maximum atomic E-state index is 2.63. The van der Waals surface area contributed by atoms with Gasteiger partial charge in [0.2, 0.25) is 0 Å². The second-order valence-corrected chi connectivity index (χ2v) is 5.94. The van der Waals surface area contributed by atoms with Gasteiger partial charge in [0.05, 0.1) is 0 Å². The summed E-state index contributed by atoms with van der Waals surface area (Å²) in [5, 5.41) is 0. The second-order valence-electron chi connectivity index (χ2n) is 5.94. The van der Waals surface area contributed by atoms with Crippen molar-refractivity contribution in [1.82, 2.24) is 4.90 Å². The summed E-state index contributed by atoms with van der Waals surface area (Å²) in [6.07, 6.45) is 10.00. The highest BCUT2D eigenvalue weighted by molar-refractivity contribution is 5.55. The van der Waals surface area contributed by atoms with Crippen LogP contribution in [0, 0.1) is 0 Å². The third-order valence-corrected chi connectivity index (χ3v) is 4.28. The fourth-order valence-electron chi connectivity index (χ4n) is 2.97. The van der Waals surface area contributed by atoms with E-state index in [1.807, 2.05) is 0 Å². The first-order valence-electron chi connectivity index (χ1n) is 7.88. The predicted molar refractivity (Wildman–Crippen MR) is 89.3 cm³/mol. The van der Waals surface area contributed by atoms with Crippen molar-refractivity contribution in [3.8, 4) is 0 Å². The zero-order valence-corrected chi connectivity index (χ0v) is 13.2. The zero-order valence-electron chi connectivity index (χ0n) is 13.2. The third-order valence-electron chi connectivity index (χ3n) is 4.28. The minimum atomic E-state index is 0.796. The van der Waals surface area contributed by atoms with Crippen molar-refractivity contribution in [2.75, 3.05) is 32.1 Å². The average molecular weight is 272 g/mol. The molecule has 0 saturated carbocycles. The lowest BCUT2D eigenvalue weighted by Gasteiger charge is -2.34. The molecule has 0 spiro atoms. The van der Waals surface area contributed by atoms with E-state index < -0.39 is 0 Å². The minimum Gasteiger partial charge on any atom is -0.378 e. The molecule has 20 heavy (non-hydrogen) atoms. The number of hydrogen-bond donors (Lipinski definition) is 0. The molecular formula is C18H28N2. The van der Waals surface area contributed by atoms with Gasteiger partial charge >= 0.3 is 0 Å². The predicted octanol–water partition coefficient (Wildman–Crippen LogP) is 4.03. The van der Waals surface area contributed by atoms with Crippen LogP contribution < -0.4 is 4.90 Å². The largest absolute Gasteiger partial charge is 0.378 e. The molecule has 0 aliphatic carbocycles. The van der Waals surface area contributed by atoms with E-state index in [-0.39, 0.29) is 0 Å². The topological polar surface area (TPSA) is 6.48 Å². The van der Waals surface area contributed by atoms with Gasteiger partial charge in [0.15, 0.2) is 0 Å². The summed E-state index contributed by atoms with van der Waals surface area (Å²) < 4.78 is 0. The molecule has 1 aliphatic rings. The normalized spacial score (nSPS) is 20.4. The van der Waals surface area contributed by atoms with Crippen molar-refractivity contribution < 1.29 is 0 Å². The highest BCUT2D eigenvalue weighted by Crippen LogP contribution is 2.19. The third kappa shape index (κ3) is 4.11. The van der Waals surface area contributed by atoms with Gasteiger partial charge in [-0.2, -0.15) is 0 Å². The monoisotopic (exact) mass is 272 g/mol. The van der Waals surface area contributed by atoms with Crippen molar-refractivity contribution in [1.29, 1.82) is 0 Å². The molecule has 2 heteroatoms. The maximum absolute atomic E-state index is 2.63. The van der Waals surface area contributed by atoms with Gasteiger partial charge in [0.25, 0.3) is 0 Å². The van der Waals surface area contributed by atoms with E-state index in [1.165, 1.54) is 43.5 Å². The summed E-state index contributed by atoms with van der Waals surface area (Å²) in [6.45, 7) is 4.67. The summed E-state index contributed by atoms with van der Waals surface area (Å²) in [6, 6.07) is 9.54. The Morgan fingerprint density at radius 1 is 1.20 bits per heavy atom. The summed E-state index contributed by atoms with van der Waals surface area (Å²) in [7, 11) is 4.15. The number of anilines is 1. The Kier molecular flexibility index (Phi) is 5.66. The van der Waals surface area contributed by atoms with Gasteiger partial charge in [-0.05, 0) is 43.5 Å². The lowest BCUT2D eigenvalue weighted by atomic mass is 10.00. The van der Waals surface area contributed by atoms with Crippen LogP contribution in [-0.4, -0.2) is 38.1 Å². The van der Waals surface area contributed by atoms with Crippen LogP contribution in [0.3, 0.4) is 0 Å². The second kappa shape index (κ2) is 7.49. The molecule has 2 nitrogen and oxygen atoms in total. The standard InChI is InChI=1S/C18H28N2/c1-4-17-9-5-6-14-20(17)15-7-8-16-10-12-18(13-11-16)19(2)3/h7-8,10-13,17H,4-6,9,14-15H2,1-3H3/b8-7+. The van der Waals surface area contributed by atoms with Gasteiger partial charge in [0, 0.05) is 32.4 Å². The van der Waals surface area contributed by atoms with E-state index in [0.717, 1.165) is 12.6 Å². The summed E-state index contributed by atoms with van der Waals surface area (Å²) in [5.41, 5.74) is 2.55. The van der Waals surface area contributed by atoms with Crippen LogP contribution in [0.5, 0.6) is 0 Å². The molecule has 0 bridgehead atoms. The molecule has 110 valence electrons. The van der Waals surface area contributed by atoms with Crippen molar-refractivity contribution in [2.24, 2.45) is 0 Å². The Morgan fingerprint density at radius 2 is 1.95 bits per heavy atom. The van der Waals surface area contributed by atoms with Gasteiger partial charge in [-0.3, -0.25) is 4.90 Å². The Bertz CT molecular complexity index is 420. The molecular weight excluding hydrogens is 244 g/mol. The Morgan fingerprint density at radius 3 is 2.60 bits per heavy atom. The number of hydrogen-bond acceptors (Lipinski definition) is 2. The molecule has 0 N–H and O–H groups in total. The molecule has 2 rings (SSSR count). The van der Waals surface area contributed by atoms with Crippen molar-refractivity contribution in [3.63, 3.8) is 0 Å².